The Hall–Kier alpha value is -2.00. The van der Waals surface area contributed by atoms with Gasteiger partial charge >= 0.3 is 0 Å². The Kier molecular flexibility index (Phi) is 11.1. The smallest absolute Gasteiger partial charge is 0.190 e. The predicted molar refractivity (Wildman–Crippen MR) is 141 cm³/mol. The Balaban J connectivity index is 0.00000363. The summed E-state index contributed by atoms with van der Waals surface area (Å²) in [5.41, 5.74) is 3.63. The van der Waals surface area contributed by atoms with Gasteiger partial charge in [0.2, 0.25) is 0 Å². The summed E-state index contributed by atoms with van der Waals surface area (Å²) in [4.78, 5) is 4.39. The number of methoxy groups -OCH3 is 2. The molecule has 32 heavy (non-hydrogen) atoms. The van der Waals surface area contributed by atoms with Gasteiger partial charge in [-0.1, -0.05) is 29.8 Å². The molecule has 2 atom stereocenters. The first kappa shape index (κ1) is 26.3. The summed E-state index contributed by atoms with van der Waals surface area (Å²) in [7, 11) is 5.17. The normalized spacial score (nSPS) is 18.4. The zero-order chi connectivity index (χ0) is 22.1. The highest BCUT2D eigenvalue weighted by molar-refractivity contribution is 14.0. The Morgan fingerprint density at radius 2 is 1.88 bits per heavy atom. The standard InChI is InChI=1S/C25H35N3O3.HI/c1-18-7-9-19(10-8-18)24-21(6-5-15-31-24)17-28-25(26-2)27-14-13-20-16-22(29-3)11-12-23(20)30-4;/h7-12,16,21,24H,5-6,13-15,17H2,1-4H3,(H2,26,27,28);1H. The molecule has 0 amide bonds. The number of nitrogens with zero attached hydrogens (tertiary/aromatic N) is 1. The van der Waals surface area contributed by atoms with Gasteiger partial charge in [0.15, 0.2) is 5.96 Å². The van der Waals surface area contributed by atoms with Gasteiger partial charge in [-0.25, -0.2) is 0 Å². The third-order valence-electron chi connectivity index (χ3n) is 5.78. The first-order chi connectivity index (χ1) is 15.1. The molecule has 1 aliphatic heterocycles. The first-order valence-corrected chi connectivity index (χ1v) is 11.0. The van der Waals surface area contributed by atoms with Crippen molar-refractivity contribution in [3.8, 4) is 11.5 Å². The summed E-state index contributed by atoms with van der Waals surface area (Å²) in [6, 6.07) is 14.6. The van der Waals surface area contributed by atoms with Crippen LogP contribution in [0.2, 0.25) is 0 Å². The fraction of sp³-hybridized carbons (Fsp3) is 0.480. The van der Waals surface area contributed by atoms with Gasteiger partial charge in [-0.3, -0.25) is 4.99 Å². The lowest BCUT2D eigenvalue weighted by molar-refractivity contribution is -0.0265. The Labute approximate surface area is 209 Å². The van der Waals surface area contributed by atoms with Crippen LogP contribution in [0.15, 0.2) is 47.5 Å². The number of nitrogens with one attached hydrogen (secondary N) is 2. The van der Waals surface area contributed by atoms with Crippen LogP contribution in [-0.2, 0) is 11.2 Å². The molecule has 0 aliphatic carbocycles. The lowest BCUT2D eigenvalue weighted by atomic mass is 9.89. The van der Waals surface area contributed by atoms with E-state index in [0.717, 1.165) is 62.0 Å². The van der Waals surface area contributed by atoms with Crippen molar-refractivity contribution in [1.29, 1.82) is 0 Å². The molecule has 7 heteroatoms. The average molecular weight is 553 g/mol. The van der Waals surface area contributed by atoms with Crippen LogP contribution in [0.1, 0.15) is 35.6 Å². The van der Waals surface area contributed by atoms with E-state index < -0.39 is 0 Å². The Morgan fingerprint density at radius 1 is 1.09 bits per heavy atom. The molecule has 176 valence electrons. The summed E-state index contributed by atoms with van der Waals surface area (Å²) < 4.78 is 17.0. The predicted octanol–water partition coefficient (Wildman–Crippen LogP) is 4.51. The molecule has 1 fully saturated rings. The molecule has 1 saturated heterocycles. The van der Waals surface area contributed by atoms with E-state index in [1.807, 2.05) is 18.2 Å². The lowest BCUT2D eigenvalue weighted by Crippen LogP contribution is -2.42. The second-order valence-corrected chi connectivity index (χ2v) is 7.91. The van der Waals surface area contributed by atoms with Crippen LogP contribution in [0.3, 0.4) is 0 Å². The van der Waals surface area contributed by atoms with Crippen LogP contribution in [0.25, 0.3) is 0 Å². The van der Waals surface area contributed by atoms with Crippen LogP contribution in [0.4, 0.5) is 0 Å². The maximum atomic E-state index is 6.14. The molecular formula is C25H36IN3O3. The second kappa shape index (κ2) is 13.5. The van der Waals surface area contributed by atoms with Crippen molar-refractivity contribution >= 4 is 29.9 Å². The van der Waals surface area contributed by atoms with E-state index in [1.54, 1.807) is 21.3 Å². The fourth-order valence-corrected chi connectivity index (χ4v) is 4.02. The molecule has 2 N–H and O–H groups in total. The summed E-state index contributed by atoms with van der Waals surface area (Å²) in [5, 5.41) is 6.90. The summed E-state index contributed by atoms with van der Waals surface area (Å²) in [6.07, 6.45) is 3.17. The van der Waals surface area contributed by atoms with Crippen molar-refractivity contribution in [2.45, 2.75) is 32.3 Å². The molecule has 0 spiro atoms. The minimum absolute atomic E-state index is 0. The zero-order valence-electron chi connectivity index (χ0n) is 19.5. The first-order valence-electron chi connectivity index (χ1n) is 11.0. The van der Waals surface area contributed by atoms with Gasteiger partial charge in [0, 0.05) is 32.7 Å². The van der Waals surface area contributed by atoms with Gasteiger partial charge in [-0.2, -0.15) is 0 Å². The third kappa shape index (κ3) is 7.27. The van der Waals surface area contributed by atoms with Crippen molar-refractivity contribution < 1.29 is 14.2 Å². The van der Waals surface area contributed by atoms with Gasteiger partial charge < -0.3 is 24.8 Å². The molecule has 2 unspecified atom stereocenters. The molecule has 2 aromatic rings. The van der Waals surface area contributed by atoms with Crippen molar-refractivity contribution in [1.82, 2.24) is 10.6 Å². The molecule has 0 saturated carbocycles. The number of hydrogen-bond acceptors (Lipinski definition) is 4. The minimum Gasteiger partial charge on any atom is -0.497 e. The van der Waals surface area contributed by atoms with Gasteiger partial charge in [0.05, 0.1) is 20.3 Å². The maximum Gasteiger partial charge on any atom is 0.190 e. The molecule has 0 radical (unpaired) electrons. The zero-order valence-corrected chi connectivity index (χ0v) is 21.8. The number of aliphatic imine (C=N–C) groups is 1. The van der Waals surface area contributed by atoms with E-state index in [9.17, 15) is 0 Å². The number of aryl methyl sites for hydroxylation is 1. The van der Waals surface area contributed by atoms with Gasteiger partial charge in [0.25, 0.3) is 0 Å². The highest BCUT2D eigenvalue weighted by Gasteiger charge is 2.27. The van der Waals surface area contributed by atoms with E-state index >= 15 is 0 Å². The van der Waals surface area contributed by atoms with Crippen molar-refractivity contribution in [3.63, 3.8) is 0 Å². The van der Waals surface area contributed by atoms with Crippen molar-refractivity contribution in [2.24, 2.45) is 10.9 Å². The Morgan fingerprint density at radius 3 is 2.56 bits per heavy atom. The summed E-state index contributed by atoms with van der Waals surface area (Å²) >= 11 is 0. The van der Waals surface area contributed by atoms with Crippen LogP contribution < -0.4 is 20.1 Å². The van der Waals surface area contributed by atoms with E-state index in [4.69, 9.17) is 14.2 Å². The van der Waals surface area contributed by atoms with Crippen LogP contribution in [0, 0.1) is 12.8 Å². The lowest BCUT2D eigenvalue weighted by Gasteiger charge is -2.32. The van der Waals surface area contributed by atoms with E-state index in [0.29, 0.717) is 5.92 Å². The second-order valence-electron chi connectivity index (χ2n) is 7.91. The van der Waals surface area contributed by atoms with E-state index in [-0.39, 0.29) is 30.1 Å². The van der Waals surface area contributed by atoms with Crippen molar-refractivity contribution in [2.75, 3.05) is 41.0 Å². The molecule has 0 aromatic heterocycles. The molecule has 0 bridgehead atoms. The van der Waals surface area contributed by atoms with E-state index in [1.165, 1.54) is 11.1 Å². The van der Waals surface area contributed by atoms with Crippen LogP contribution in [-0.4, -0.2) is 46.9 Å². The van der Waals surface area contributed by atoms with Gasteiger partial charge in [-0.15, -0.1) is 24.0 Å². The van der Waals surface area contributed by atoms with Crippen LogP contribution in [0.5, 0.6) is 11.5 Å². The molecule has 1 aliphatic rings. The molecule has 3 rings (SSSR count). The quantitative estimate of drug-likeness (QED) is 0.286. The number of benzene rings is 2. The number of guanidine groups is 1. The van der Waals surface area contributed by atoms with Crippen LogP contribution >= 0.6 is 24.0 Å². The Bertz CT molecular complexity index is 858. The molecule has 6 nitrogen and oxygen atoms in total. The SMILES string of the molecule is CN=C(NCCc1cc(OC)ccc1OC)NCC1CCCOC1c1ccc(C)cc1.I. The largest absolute Gasteiger partial charge is 0.497 e. The molecular weight excluding hydrogens is 517 g/mol. The highest BCUT2D eigenvalue weighted by atomic mass is 127. The number of hydrogen-bond donors (Lipinski definition) is 2. The fourth-order valence-electron chi connectivity index (χ4n) is 4.02. The number of halogens is 1. The summed E-state index contributed by atoms with van der Waals surface area (Å²) in [6.45, 7) is 4.50. The monoisotopic (exact) mass is 553 g/mol. The minimum atomic E-state index is 0. The average Bonchev–Trinajstić information content (AvgIpc) is 2.82. The van der Waals surface area contributed by atoms with Gasteiger partial charge in [0.1, 0.15) is 11.5 Å². The maximum absolute atomic E-state index is 6.14. The molecule has 2 aromatic carbocycles. The van der Waals surface area contributed by atoms with Crippen molar-refractivity contribution in [3.05, 3.63) is 59.2 Å². The third-order valence-corrected chi connectivity index (χ3v) is 5.78. The number of rotatable bonds is 8. The van der Waals surface area contributed by atoms with Gasteiger partial charge in [-0.05, 0) is 55.5 Å². The summed E-state index contributed by atoms with van der Waals surface area (Å²) in [5.74, 6) is 2.91. The molecule has 1 heterocycles. The highest BCUT2D eigenvalue weighted by Crippen LogP contribution is 2.33. The van der Waals surface area contributed by atoms with E-state index in [2.05, 4.69) is 46.8 Å². The topological polar surface area (TPSA) is 64.1 Å². The number of ether oxygens (including phenoxy) is 3.